The summed E-state index contributed by atoms with van der Waals surface area (Å²) in [5.41, 5.74) is 3.58. The quantitative estimate of drug-likeness (QED) is 0.794. The number of fused-ring (bicyclic) bond motifs is 3. The second kappa shape index (κ2) is 7.50. The summed E-state index contributed by atoms with van der Waals surface area (Å²) in [6.45, 7) is 3.51. The van der Waals surface area contributed by atoms with Gasteiger partial charge in [0.15, 0.2) is 0 Å². The number of carbonyl (C=O) groups excluding carboxylic acids is 1. The zero-order valence-electron chi connectivity index (χ0n) is 18.6. The van der Waals surface area contributed by atoms with E-state index in [-0.39, 0.29) is 30.6 Å². The molecule has 2 amide bonds. The van der Waals surface area contributed by atoms with Crippen LogP contribution >= 0.6 is 0 Å². The molecule has 0 aliphatic carbocycles. The van der Waals surface area contributed by atoms with Crippen LogP contribution in [0.1, 0.15) is 24.5 Å². The Morgan fingerprint density at radius 3 is 2.69 bits per heavy atom. The monoisotopic (exact) mass is 436 g/mol. The number of hydrogen-bond donors (Lipinski definition) is 1. The highest BCUT2D eigenvalue weighted by Crippen LogP contribution is 2.51. The summed E-state index contributed by atoms with van der Waals surface area (Å²) in [5, 5.41) is 11.3. The van der Waals surface area contributed by atoms with E-state index in [0.29, 0.717) is 5.69 Å². The van der Waals surface area contributed by atoms with Gasteiger partial charge in [0, 0.05) is 30.4 Å². The van der Waals surface area contributed by atoms with E-state index in [9.17, 15) is 14.7 Å². The zero-order valence-corrected chi connectivity index (χ0v) is 18.6. The number of hydrogen-bond acceptors (Lipinski definition) is 5. The van der Waals surface area contributed by atoms with Gasteiger partial charge in [-0.15, -0.1) is 0 Å². The number of likely N-dealkylation sites (N-methyl/N-ethyl adjacent to an activating group) is 2. The third kappa shape index (κ3) is 3.05. The molecule has 2 aromatic carbocycles. The summed E-state index contributed by atoms with van der Waals surface area (Å²) in [4.78, 5) is 36.8. The Labute approximate surface area is 187 Å². The molecule has 0 bridgehead atoms. The van der Waals surface area contributed by atoms with Gasteiger partial charge in [0.25, 0.3) is 5.91 Å². The first-order valence-electron chi connectivity index (χ1n) is 10.9. The molecule has 0 radical (unpaired) electrons. The fourth-order valence-corrected chi connectivity index (χ4v) is 5.66. The van der Waals surface area contributed by atoms with E-state index in [4.69, 9.17) is 4.84 Å². The number of benzene rings is 2. The van der Waals surface area contributed by atoms with Gasteiger partial charge in [0.1, 0.15) is 12.6 Å². The van der Waals surface area contributed by atoms with Crippen molar-refractivity contribution in [1.82, 2.24) is 9.96 Å². The first-order valence-corrected chi connectivity index (χ1v) is 10.9. The van der Waals surface area contributed by atoms with Crippen molar-refractivity contribution in [3.05, 3.63) is 59.7 Å². The summed E-state index contributed by atoms with van der Waals surface area (Å²) >= 11 is 0. The molecule has 3 aliphatic rings. The predicted octanol–water partition coefficient (Wildman–Crippen LogP) is 2.88. The number of hydroxylamine groups is 2. The van der Waals surface area contributed by atoms with E-state index < -0.39 is 12.1 Å². The average molecular weight is 437 g/mol. The maximum absolute atomic E-state index is 13.1. The molecule has 2 fully saturated rings. The number of rotatable bonds is 4. The van der Waals surface area contributed by atoms with Crippen molar-refractivity contribution in [2.24, 2.45) is 0 Å². The minimum atomic E-state index is -1.16. The highest BCUT2D eigenvalue weighted by Gasteiger charge is 2.52. The third-order valence-corrected chi connectivity index (χ3v) is 7.20. The van der Waals surface area contributed by atoms with Crippen LogP contribution in [0, 0.1) is 0 Å². The molecule has 1 N–H and O–H groups in total. The third-order valence-electron chi connectivity index (χ3n) is 7.20. The van der Waals surface area contributed by atoms with Crippen molar-refractivity contribution >= 4 is 23.4 Å². The van der Waals surface area contributed by atoms with Crippen LogP contribution in [0.5, 0.6) is 0 Å². The van der Waals surface area contributed by atoms with E-state index in [0.717, 1.165) is 34.7 Å². The number of amides is 2. The second-order valence-corrected chi connectivity index (χ2v) is 9.16. The molecule has 0 aromatic heterocycles. The van der Waals surface area contributed by atoms with Gasteiger partial charge in [-0.2, -0.15) is 0 Å². The van der Waals surface area contributed by atoms with E-state index in [1.54, 1.807) is 6.07 Å². The average Bonchev–Trinajstić information content (AvgIpc) is 3.35. The number of anilines is 2. The fraction of sp³-hybridized carbons (Fsp3) is 0.417. The van der Waals surface area contributed by atoms with Crippen molar-refractivity contribution < 1.29 is 19.5 Å². The molecular formula is C24H28N4O4. The molecule has 3 heterocycles. The van der Waals surface area contributed by atoms with Crippen LogP contribution < -0.4 is 9.80 Å². The SMILES string of the molecule is CN1CC[C@@]2(C)c3cc(N(C(=O)O)[C@@H]4CON(Cc5ccccc5)C4=O)ccc3N(C)[C@@H]12. The van der Waals surface area contributed by atoms with Crippen molar-refractivity contribution in [2.75, 3.05) is 37.0 Å². The molecule has 8 nitrogen and oxygen atoms in total. The number of nitrogens with zero attached hydrogens (tertiary/aromatic N) is 4. The van der Waals surface area contributed by atoms with Crippen LogP contribution in [0.3, 0.4) is 0 Å². The molecule has 3 aliphatic heterocycles. The molecule has 2 saturated heterocycles. The normalized spacial score (nSPS) is 27.0. The topological polar surface area (TPSA) is 76.6 Å². The van der Waals surface area contributed by atoms with Crippen molar-refractivity contribution in [3.8, 4) is 0 Å². The van der Waals surface area contributed by atoms with E-state index >= 15 is 0 Å². The van der Waals surface area contributed by atoms with Gasteiger partial charge in [-0.05, 0) is 42.8 Å². The van der Waals surface area contributed by atoms with Gasteiger partial charge >= 0.3 is 6.09 Å². The van der Waals surface area contributed by atoms with Crippen molar-refractivity contribution in [3.63, 3.8) is 0 Å². The minimum absolute atomic E-state index is 0.00240. The van der Waals surface area contributed by atoms with Crippen LogP contribution in [0.15, 0.2) is 48.5 Å². The van der Waals surface area contributed by atoms with Crippen LogP contribution in [0.2, 0.25) is 0 Å². The number of carbonyl (C=O) groups is 2. The van der Waals surface area contributed by atoms with Crippen molar-refractivity contribution in [1.29, 1.82) is 0 Å². The Balaban J connectivity index is 1.44. The maximum atomic E-state index is 13.1. The van der Waals surface area contributed by atoms with Crippen LogP contribution in [-0.2, 0) is 21.6 Å². The molecule has 32 heavy (non-hydrogen) atoms. The summed E-state index contributed by atoms with van der Waals surface area (Å²) < 4.78 is 0. The smallest absolute Gasteiger partial charge is 0.412 e. The lowest BCUT2D eigenvalue weighted by atomic mass is 9.81. The Morgan fingerprint density at radius 1 is 1.22 bits per heavy atom. The number of carboxylic acid groups (broad SMARTS) is 1. The molecule has 2 aromatic rings. The van der Waals surface area contributed by atoms with E-state index in [1.165, 1.54) is 5.06 Å². The molecular weight excluding hydrogens is 408 g/mol. The highest BCUT2D eigenvalue weighted by molar-refractivity contribution is 5.97. The standard InChI is InChI=1S/C24H28N4O4/c1-24-11-12-25(2)22(24)26(3)19-10-9-17(13-18(19)24)28(23(30)31)20-15-32-27(21(20)29)14-16-7-5-4-6-8-16/h4-10,13,20,22H,11-12,14-15H2,1-3H3,(H,30,31)/t20-,22-,24+/m1/s1. The summed E-state index contributed by atoms with van der Waals surface area (Å²) in [5.74, 6) is -0.349. The van der Waals surface area contributed by atoms with Gasteiger partial charge in [-0.25, -0.2) is 9.86 Å². The van der Waals surface area contributed by atoms with Crippen LogP contribution in [0.4, 0.5) is 16.2 Å². The van der Waals surface area contributed by atoms with E-state index in [1.807, 2.05) is 42.5 Å². The molecule has 168 valence electrons. The van der Waals surface area contributed by atoms with Gasteiger partial charge in [-0.3, -0.25) is 19.4 Å². The summed E-state index contributed by atoms with van der Waals surface area (Å²) in [6.07, 6.45) is 0.0760. The largest absolute Gasteiger partial charge is 0.465 e. The van der Waals surface area contributed by atoms with Gasteiger partial charge < -0.3 is 10.0 Å². The molecule has 3 atom stereocenters. The fourth-order valence-electron chi connectivity index (χ4n) is 5.66. The maximum Gasteiger partial charge on any atom is 0.412 e. The lowest BCUT2D eigenvalue weighted by molar-refractivity contribution is -0.164. The van der Waals surface area contributed by atoms with Gasteiger partial charge in [0.2, 0.25) is 0 Å². The lowest BCUT2D eigenvalue weighted by Crippen LogP contribution is -2.46. The van der Waals surface area contributed by atoms with Crippen LogP contribution in [-0.4, -0.2) is 66.5 Å². The minimum Gasteiger partial charge on any atom is -0.465 e. The Hall–Kier alpha value is -3.10. The highest BCUT2D eigenvalue weighted by atomic mass is 16.7. The lowest BCUT2D eigenvalue weighted by Gasteiger charge is -2.32. The zero-order chi connectivity index (χ0) is 22.6. The Bertz CT molecular complexity index is 1060. The number of likely N-dealkylation sites (tertiary alicyclic amines) is 1. The summed E-state index contributed by atoms with van der Waals surface area (Å²) in [7, 11) is 4.21. The molecule has 5 rings (SSSR count). The molecule has 0 spiro atoms. The first kappa shape index (κ1) is 20.8. The van der Waals surface area contributed by atoms with Gasteiger partial charge in [-0.1, -0.05) is 37.3 Å². The predicted molar refractivity (Wildman–Crippen MR) is 120 cm³/mol. The first-order chi connectivity index (χ1) is 15.3. The van der Waals surface area contributed by atoms with E-state index in [2.05, 4.69) is 30.8 Å². The Kier molecular flexibility index (Phi) is 4.87. The van der Waals surface area contributed by atoms with Crippen molar-refractivity contribution in [2.45, 2.75) is 37.5 Å². The van der Waals surface area contributed by atoms with Gasteiger partial charge in [0.05, 0.1) is 12.7 Å². The Morgan fingerprint density at radius 2 is 1.97 bits per heavy atom. The summed E-state index contributed by atoms with van der Waals surface area (Å²) in [6, 6.07) is 14.3. The molecule has 0 saturated carbocycles. The van der Waals surface area contributed by atoms with Crippen LogP contribution in [0.25, 0.3) is 0 Å². The molecule has 0 unspecified atom stereocenters. The molecule has 8 heteroatoms. The second-order valence-electron chi connectivity index (χ2n) is 9.16.